The van der Waals surface area contributed by atoms with Crippen molar-refractivity contribution < 1.29 is 30.8 Å². The van der Waals surface area contributed by atoms with E-state index in [2.05, 4.69) is 0 Å². The van der Waals surface area contributed by atoms with Gasteiger partial charge in [-0.15, -0.1) is 0 Å². The van der Waals surface area contributed by atoms with E-state index in [1.165, 1.54) is 21.6 Å². The molecule has 45 heavy (non-hydrogen) atoms. The maximum atomic E-state index is 14.0. The first kappa shape index (κ1) is 31.8. The van der Waals surface area contributed by atoms with Crippen LogP contribution in [0.15, 0.2) is 71.5 Å². The molecule has 4 aromatic rings. The molecule has 0 bridgehead atoms. The summed E-state index contributed by atoms with van der Waals surface area (Å²) in [6, 6.07) is 16.3. The second kappa shape index (κ2) is 12.4. The number of fused-ring (bicyclic) bond motifs is 1. The van der Waals surface area contributed by atoms with E-state index >= 15 is 0 Å². The van der Waals surface area contributed by atoms with Crippen LogP contribution in [0.5, 0.6) is 0 Å². The highest BCUT2D eigenvalue weighted by Gasteiger charge is 2.35. The maximum Gasteiger partial charge on any atom is 0.419 e. The van der Waals surface area contributed by atoms with E-state index in [9.17, 15) is 40.8 Å². The Morgan fingerprint density at radius 2 is 1.76 bits per heavy atom. The second-order valence-electron chi connectivity index (χ2n) is 11.1. The van der Waals surface area contributed by atoms with Gasteiger partial charge in [0.1, 0.15) is 21.5 Å². The predicted molar refractivity (Wildman–Crippen MR) is 159 cm³/mol. The summed E-state index contributed by atoms with van der Waals surface area (Å²) < 4.78 is 79.8. The molecule has 0 saturated carbocycles. The number of nitriles is 1. The van der Waals surface area contributed by atoms with Crippen molar-refractivity contribution in [1.29, 1.82) is 5.26 Å². The molecule has 0 spiro atoms. The molecule has 0 aliphatic carbocycles. The van der Waals surface area contributed by atoms with Gasteiger partial charge in [-0.25, -0.2) is 17.8 Å². The topological polar surface area (TPSA) is 113 Å². The van der Waals surface area contributed by atoms with Gasteiger partial charge < -0.3 is 4.90 Å². The Labute approximate surface area is 256 Å². The highest BCUT2D eigenvalue weighted by Crippen LogP contribution is 2.33. The van der Waals surface area contributed by atoms with Crippen molar-refractivity contribution in [1.82, 2.24) is 14.5 Å². The van der Waals surface area contributed by atoms with Crippen molar-refractivity contribution in [3.05, 3.63) is 105 Å². The van der Waals surface area contributed by atoms with Crippen molar-refractivity contribution in [3.63, 3.8) is 0 Å². The minimum atomic E-state index is -4.96. The number of halogens is 4. The number of aromatic nitrogens is 2. The van der Waals surface area contributed by atoms with Gasteiger partial charge in [-0.05, 0) is 79.8 Å². The van der Waals surface area contributed by atoms with Gasteiger partial charge in [0.25, 0.3) is 5.56 Å². The Hall–Kier alpha value is -4.57. The van der Waals surface area contributed by atoms with Crippen molar-refractivity contribution >= 4 is 26.6 Å². The van der Waals surface area contributed by atoms with E-state index < -0.39 is 51.3 Å². The molecule has 1 atom stereocenters. The van der Waals surface area contributed by atoms with Crippen LogP contribution in [0.1, 0.15) is 48.3 Å². The molecule has 5 rings (SSSR count). The van der Waals surface area contributed by atoms with Crippen molar-refractivity contribution in [2.45, 2.75) is 38.4 Å². The third kappa shape index (κ3) is 6.91. The van der Waals surface area contributed by atoms with Gasteiger partial charge in [0.2, 0.25) is 5.91 Å². The summed E-state index contributed by atoms with van der Waals surface area (Å²) in [5.74, 6) is -2.27. The fraction of sp³-hybridized carbons (Fsp3) is 0.312. The minimum absolute atomic E-state index is 0.0545. The zero-order valence-corrected chi connectivity index (χ0v) is 24.9. The Kier molecular flexibility index (Phi) is 8.80. The number of amides is 1. The van der Waals surface area contributed by atoms with Crippen LogP contribution in [0.3, 0.4) is 0 Å². The van der Waals surface area contributed by atoms with Crippen LogP contribution in [0, 0.1) is 23.1 Å². The Morgan fingerprint density at radius 1 is 1.09 bits per heavy atom. The third-order valence-corrected chi connectivity index (χ3v) is 9.75. The van der Waals surface area contributed by atoms with Crippen LogP contribution >= 0.6 is 0 Å². The van der Waals surface area contributed by atoms with E-state index in [-0.39, 0.29) is 48.2 Å². The number of carbonyl (C=O) groups is 1. The molecule has 0 radical (unpaired) electrons. The van der Waals surface area contributed by atoms with Crippen LogP contribution in [0.25, 0.3) is 16.6 Å². The predicted octanol–water partition coefficient (Wildman–Crippen LogP) is 5.37. The molecule has 3 aromatic carbocycles. The van der Waals surface area contributed by atoms with E-state index in [0.717, 1.165) is 6.07 Å². The average molecular weight is 641 g/mol. The lowest BCUT2D eigenvalue weighted by Crippen LogP contribution is -2.42. The number of benzene rings is 3. The quantitative estimate of drug-likeness (QED) is 0.251. The molecule has 8 nitrogen and oxygen atoms in total. The number of alkyl halides is 3. The molecule has 2 heterocycles. The SMILES string of the molecule is C[C@H](c1nc2ccccc2c(=O)n1-c1ccc(C#N)cc1)N(CC1CCS(=O)(=O)CC1)C(=O)Cc1ccc(F)c(C(F)(F)F)c1. The Balaban J connectivity index is 1.60. The summed E-state index contributed by atoms with van der Waals surface area (Å²) in [4.78, 5) is 33.9. The number of nitrogens with zero attached hydrogens (tertiary/aromatic N) is 4. The number of rotatable bonds is 7. The first-order valence-electron chi connectivity index (χ1n) is 14.1. The fourth-order valence-electron chi connectivity index (χ4n) is 5.56. The van der Waals surface area contributed by atoms with Gasteiger partial charge in [0.15, 0.2) is 0 Å². The van der Waals surface area contributed by atoms with E-state index in [1.807, 2.05) is 6.07 Å². The summed E-state index contributed by atoms with van der Waals surface area (Å²) >= 11 is 0. The molecule has 1 aromatic heterocycles. The van der Waals surface area contributed by atoms with E-state index in [0.29, 0.717) is 34.3 Å². The first-order valence-corrected chi connectivity index (χ1v) is 16.0. The maximum absolute atomic E-state index is 14.0. The monoisotopic (exact) mass is 640 g/mol. The molecule has 13 heteroatoms. The van der Waals surface area contributed by atoms with Crippen molar-refractivity contribution in [2.75, 3.05) is 18.1 Å². The van der Waals surface area contributed by atoms with Gasteiger partial charge >= 0.3 is 6.18 Å². The Morgan fingerprint density at radius 3 is 2.40 bits per heavy atom. The van der Waals surface area contributed by atoms with E-state index in [1.54, 1.807) is 43.3 Å². The molecule has 234 valence electrons. The van der Waals surface area contributed by atoms with Gasteiger partial charge in [-0.3, -0.25) is 14.2 Å². The van der Waals surface area contributed by atoms with Crippen molar-refractivity contribution in [2.24, 2.45) is 5.92 Å². The number of carbonyl (C=O) groups excluding carboxylic acids is 1. The number of sulfone groups is 1. The summed E-state index contributed by atoms with van der Waals surface area (Å²) in [5, 5.41) is 9.57. The summed E-state index contributed by atoms with van der Waals surface area (Å²) in [5.41, 5.74) is -0.889. The van der Waals surface area contributed by atoms with Gasteiger partial charge in [-0.2, -0.15) is 18.4 Å². The van der Waals surface area contributed by atoms with Gasteiger partial charge in [0, 0.05) is 6.54 Å². The summed E-state index contributed by atoms with van der Waals surface area (Å²) in [6.45, 7) is 1.69. The lowest BCUT2D eigenvalue weighted by Gasteiger charge is -2.35. The molecule has 1 aliphatic heterocycles. The summed E-state index contributed by atoms with van der Waals surface area (Å²) in [6.07, 6.45) is -4.91. The third-order valence-electron chi connectivity index (χ3n) is 8.04. The number of hydrogen-bond acceptors (Lipinski definition) is 6. The molecule has 1 amide bonds. The summed E-state index contributed by atoms with van der Waals surface area (Å²) in [7, 11) is -3.22. The zero-order chi connectivity index (χ0) is 32.5. The van der Waals surface area contributed by atoms with Gasteiger partial charge in [-0.1, -0.05) is 18.2 Å². The Bertz CT molecular complexity index is 1950. The lowest BCUT2D eigenvalue weighted by molar-refractivity contribution is -0.140. The van der Waals surface area contributed by atoms with Crippen LogP contribution in [0.2, 0.25) is 0 Å². The zero-order valence-electron chi connectivity index (χ0n) is 24.1. The standard InChI is InChI=1S/C32H28F4N4O4S/c1-20(30-38-28-5-3-2-4-25(28)31(42)40(30)24-9-6-21(18-37)7-10-24)39(19-22-12-14-45(43,44)15-13-22)29(41)17-23-8-11-27(33)26(16-23)32(34,35)36/h2-11,16,20,22H,12-15,17,19H2,1H3/t20-/m1/s1. The normalized spacial score (nSPS) is 15.8. The molecule has 1 aliphatic rings. The molecule has 0 unspecified atom stereocenters. The smallest absolute Gasteiger partial charge is 0.332 e. The fourth-order valence-corrected chi connectivity index (χ4v) is 7.14. The lowest BCUT2D eigenvalue weighted by atomic mass is 10.00. The molecule has 1 fully saturated rings. The average Bonchev–Trinajstić information content (AvgIpc) is 3.00. The van der Waals surface area contributed by atoms with Crippen LogP contribution in [-0.2, 0) is 27.2 Å². The van der Waals surface area contributed by atoms with Crippen LogP contribution in [-0.4, -0.2) is 46.8 Å². The highest BCUT2D eigenvalue weighted by molar-refractivity contribution is 7.91. The molecular formula is C32H28F4N4O4S. The van der Waals surface area contributed by atoms with Crippen LogP contribution < -0.4 is 5.56 Å². The number of hydrogen-bond donors (Lipinski definition) is 0. The largest absolute Gasteiger partial charge is 0.419 e. The number of para-hydroxylation sites is 1. The van der Waals surface area contributed by atoms with Gasteiger partial charge in [0.05, 0.1) is 57.8 Å². The van der Waals surface area contributed by atoms with E-state index in [4.69, 9.17) is 4.98 Å². The van der Waals surface area contributed by atoms with Crippen molar-refractivity contribution in [3.8, 4) is 11.8 Å². The molecule has 1 saturated heterocycles. The minimum Gasteiger partial charge on any atom is -0.332 e. The highest BCUT2D eigenvalue weighted by atomic mass is 32.2. The second-order valence-corrected chi connectivity index (χ2v) is 13.4. The first-order chi connectivity index (χ1) is 21.3. The molecular weight excluding hydrogens is 612 g/mol. The molecule has 0 N–H and O–H groups in total. The van der Waals surface area contributed by atoms with Crippen LogP contribution in [0.4, 0.5) is 17.6 Å².